The van der Waals surface area contributed by atoms with E-state index in [4.69, 9.17) is 14.4 Å². The molecule has 5 aromatic heterocycles. The molecule has 0 amide bonds. The van der Waals surface area contributed by atoms with Crippen LogP contribution in [0.2, 0.25) is 0 Å². The first-order chi connectivity index (χ1) is 30.2. The normalized spacial score (nSPS) is 23.9. The number of pyridine rings is 2. The lowest BCUT2D eigenvalue weighted by Crippen LogP contribution is -2.39. The van der Waals surface area contributed by atoms with Crippen molar-refractivity contribution < 1.29 is 4.42 Å². The molecule has 0 aliphatic heterocycles. The van der Waals surface area contributed by atoms with Crippen molar-refractivity contribution in [3.8, 4) is 22.3 Å². The number of aromatic nitrogens is 3. The van der Waals surface area contributed by atoms with Crippen LogP contribution in [0.4, 0.5) is 0 Å². The van der Waals surface area contributed by atoms with Gasteiger partial charge in [-0.15, -0.1) is 0 Å². The van der Waals surface area contributed by atoms with Gasteiger partial charge in [0.05, 0.1) is 40.3 Å². The van der Waals surface area contributed by atoms with Crippen LogP contribution in [-0.2, 0) is 21.7 Å². The fourth-order valence-electron chi connectivity index (χ4n) is 15.4. The molecular formula is C60H63N3O. The smallest absolute Gasteiger partial charge is 0.136 e. The molecule has 4 heteroatoms. The van der Waals surface area contributed by atoms with Gasteiger partial charge < -0.3 is 8.82 Å². The second-order valence-corrected chi connectivity index (χ2v) is 25.5. The summed E-state index contributed by atoms with van der Waals surface area (Å²) in [5.41, 5.74) is 17.9. The van der Waals surface area contributed by atoms with Gasteiger partial charge in [-0.25, -0.2) is 0 Å². The molecule has 5 heterocycles. The first kappa shape index (κ1) is 39.2. The number of rotatable bonds is 3. The lowest BCUT2D eigenvalue weighted by Gasteiger charge is -2.46. The Balaban J connectivity index is 1.22. The van der Waals surface area contributed by atoms with Crippen molar-refractivity contribution in [2.24, 2.45) is 22.7 Å². The predicted octanol–water partition coefficient (Wildman–Crippen LogP) is 16.4. The van der Waals surface area contributed by atoms with E-state index in [1.165, 1.54) is 126 Å². The summed E-state index contributed by atoms with van der Waals surface area (Å²) in [7, 11) is 0. The molecule has 2 atom stereocenters. The third kappa shape index (κ3) is 5.17. The molecule has 324 valence electrons. The number of nitrogens with zero attached hydrogens (tertiary/aromatic N) is 3. The van der Waals surface area contributed by atoms with Crippen LogP contribution < -0.4 is 0 Å². The molecule has 0 spiro atoms. The van der Waals surface area contributed by atoms with E-state index in [1.54, 1.807) is 5.56 Å². The quantitative estimate of drug-likeness (QED) is 0.178. The van der Waals surface area contributed by atoms with Crippen molar-refractivity contribution in [2.75, 3.05) is 0 Å². The van der Waals surface area contributed by atoms with E-state index in [0.29, 0.717) is 0 Å². The SMILES string of the molecule is CC(C)(C)CC1(CC(C)(C)C)c2cc(C(C)(C)C)ccc2-c2c1ncc1c2c2cc(-c3cccc4oc5ccccc5c34)cc3c4c5c(ncc4n1c23)C1(C)CC2CC(C1)CC5(C)C2. The highest BCUT2D eigenvalue weighted by atomic mass is 16.3. The summed E-state index contributed by atoms with van der Waals surface area (Å²) in [5.74, 6) is 1.53. The zero-order valence-electron chi connectivity index (χ0n) is 39.9. The molecule has 64 heavy (non-hydrogen) atoms. The van der Waals surface area contributed by atoms with Crippen molar-refractivity contribution in [1.82, 2.24) is 14.4 Å². The van der Waals surface area contributed by atoms with Crippen LogP contribution in [0.1, 0.15) is 149 Å². The summed E-state index contributed by atoms with van der Waals surface area (Å²) in [6.45, 7) is 26.8. The van der Waals surface area contributed by atoms with E-state index in [2.05, 4.69) is 166 Å². The molecule has 2 unspecified atom stereocenters. The average molecular weight is 842 g/mol. The molecule has 4 bridgehead atoms. The van der Waals surface area contributed by atoms with Crippen LogP contribution in [0.25, 0.3) is 82.3 Å². The minimum Gasteiger partial charge on any atom is -0.456 e. The summed E-state index contributed by atoms with van der Waals surface area (Å²) < 4.78 is 9.17. The highest BCUT2D eigenvalue weighted by molar-refractivity contribution is 6.28. The second kappa shape index (κ2) is 12.2. The highest BCUT2D eigenvalue weighted by Crippen LogP contribution is 2.64. The number of hydrogen-bond donors (Lipinski definition) is 0. The average Bonchev–Trinajstić information content (AvgIpc) is 3.90. The topological polar surface area (TPSA) is 43.3 Å². The van der Waals surface area contributed by atoms with E-state index < -0.39 is 0 Å². The predicted molar refractivity (Wildman–Crippen MR) is 267 cm³/mol. The van der Waals surface area contributed by atoms with E-state index in [-0.39, 0.29) is 32.5 Å². The maximum Gasteiger partial charge on any atom is 0.136 e. The second-order valence-electron chi connectivity index (χ2n) is 25.5. The van der Waals surface area contributed by atoms with Crippen LogP contribution in [0.3, 0.4) is 0 Å². The Morgan fingerprint density at radius 1 is 0.625 bits per heavy atom. The molecular weight excluding hydrogens is 779 g/mol. The maximum atomic E-state index is 6.57. The van der Waals surface area contributed by atoms with Crippen LogP contribution in [0, 0.1) is 22.7 Å². The fraction of sp³-hybridized carbons (Fsp3) is 0.433. The summed E-state index contributed by atoms with van der Waals surface area (Å²) in [6, 6.07) is 27.8. The van der Waals surface area contributed by atoms with Gasteiger partial charge in [0.15, 0.2) is 0 Å². The lowest BCUT2D eigenvalue weighted by atomic mass is 9.58. The third-order valence-electron chi connectivity index (χ3n) is 16.8. The Labute approximate surface area is 378 Å². The lowest BCUT2D eigenvalue weighted by molar-refractivity contribution is 0.0893. The first-order valence-corrected chi connectivity index (χ1v) is 24.4. The van der Waals surface area contributed by atoms with Crippen LogP contribution >= 0.6 is 0 Å². The molecule has 2 saturated carbocycles. The van der Waals surface area contributed by atoms with Gasteiger partial charge in [-0.2, -0.15) is 0 Å². The number of benzene rings is 4. The molecule has 5 aliphatic carbocycles. The Morgan fingerprint density at radius 3 is 1.94 bits per heavy atom. The molecule has 14 rings (SSSR count). The van der Waals surface area contributed by atoms with Crippen LogP contribution in [0.5, 0.6) is 0 Å². The van der Waals surface area contributed by atoms with Gasteiger partial charge in [-0.1, -0.05) is 125 Å². The molecule has 0 saturated heterocycles. The fourth-order valence-corrected chi connectivity index (χ4v) is 15.4. The number of fused-ring (bicyclic) bond motifs is 13. The standard InChI is InChI=1S/C60H63N3O/c1-55(2,3)31-60(32-56(4,5)6)42-24-36(57(7,8)9)19-20-38(42)50-48-40-22-35(37-16-14-18-46-47(37)39-15-12-13-17-45(39)64-46)23-41-49-44(63(52(40)41)43(48)29-61-53(50)60)30-62-54-51(49)58(10)25-33-21-34(26-58)28-59(54,11)27-33/h12-20,22-24,29-30,33-34H,21,25-28,31-32H2,1-11H3. The zero-order chi connectivity index (χ0) is 44.2. The summed E-state index contributed by atoms with van der Waals surface area (Å²) in [5, 5.41) is 7.80. The van der Waals surface area contributed by atoms with Gasteiger partial charge in [0.2, 0.25) is 0 Å². The van der Waals surface area contributed by atoms with Crippen molar-refractivity contribution in [1.29, 1.82) is 0 Å². The van der Waals surface area contributed by atoms with Gasteiger partial charge >= 0.3 is 0 Å². The molecule has 9 aromatic rings. The minimum atomic E-state index is -0.254. The molecule has 4 nitrogen and oxygen atoms in total. The number of furan rings is 1. The monoisotopic (exact) mass is 841 g/mol. The van der Waals surface area contributed by atoms with Gasteiger partial charge in [0.1, 0.15) is 11.2 Å². The molecule has 4 aromatic carbocycles. The van der Waals surface area contributed by atoms with E-state index >= 15 is 0 Å². The molecule has 0 radical (unpaired) electrons. The van der Waals surface area contributed by atoms with Crippen LogP contribution in [0.15, 0.2) is 89.6 Å². The van der Waals surface area contributed by atoms with Crippen LogP contribution in [-0.4, -0.2) is 14.4 Å². The Morgan fingerprint density at radius 2 is 1.25 bits per heavy atom. The van der Waals surface area contributed by atoms with Crippen molar-refractivity contribution in [2.45, 2.75) is 143 Å². The Kier molecular flexibility index (Phi) is 7.44. The van der Waals surface area contributed by atoms with E-state index in [0.717, 1.165) is 35.8 Å². The van der Waals surface area contributed by atoms with E-state index in [9.17, 15) is 0 Å². The first-order valence-electron chi connectivity index (χ1n) is 24.4. The summed E-state index contributed by atoms with van der Waals surface area (Å²) in [4.78, 5) is 11.5. The molecule has 0 N–H and O–H groups in total. The van der Waals surface area contributed by atoms with Gasteiger partial charge in [-0.05, 0) is 136 Å². The van der Waals surface area contributed by atoms with Crippen molar-refractivity contribution in [3.63, 3.8) is 0 Å². The minimum absolute atomic E-state index is 0.0158. The number of hydrogen-bond acceptors (Lipinski definition) is 3. The van der Waals surface area contributed by atoms with Gasteiger partial charge in [-0.3, -0.25) is 9.97 Å². The van der Waals surface area contributed by atoms with E-state index in [1.807, 2.05) is 0 Å². The van der Waals surface area contributed by atoms with Crippen molar-refractivity contribution in [3.05, 3.63) is 113 Å². The molecule has 5 aliphatic rings. The Bertz CT molecular complexity index is 3450. The zero-order valence-corrected chi connectivity index (χ0v) is 39.9. The summed E-state index contributed by atoms with van der Waals surface area (Å²) >= 11 is 0. The van der Waals surface area contributed by atoms with Crippen molar-refractivity contribution >= 4 is 60.0 Å². The number of para-hydroxylation sites is 1. The Hall–Kier alpha value is -5.22. The third-order valence-corrected chi connectivity index (χ3v) is 16.8. The summed E-state index contributed by atoms with van der Waals surface area (Å²) in [6.07, 6.45) is 13.0. The van der Waals surface area contributed by atoms with Gasteiger partial charge in [0, 0.05) is 48.7 Å². The highest BCUT2D eigenvalue weighted by Gasteiger charge is 2.55. The maximum absolute atomic E-state index is 6.57. The largest absolute Gasteiger partial charge is 0.456 e. The van der Waals surface area contributed by atoms with Gasteiger partial charge in [0.25, 0.3) is 0 Å². The molecule has 2 fully saturated rings.